The number of hydrogen-bond donors (Lipinski definition) is 1. The molecule has 0 unspecified atom stereocenters. The van der Waals surface area contributed by atoms with E-state index < -0.39 is 0 Å². The van der Waals surface area contributed by atoms with Gasteiger partial charge in [-0.3, -0.25) is 4.90 Å². The summed E-state index contributed by atoms with van der Waals surface area (Å²) in [4.78, 5) is 2.59. The van der Waals surface area contributed by atoms with Crippen LogP contribution in [0.25, 0.3) is 0 Å². The minimum Gasteiger partial charge on any atom is -0.489 e. The van der Waals surface area contributed by atoms with Gasteiger partial charge in [-0.05, 0) is 56.6 Å². The van der Waals surface area contributed by atoms with Gasteiger partial charge in [0.1, 0.15) is 0 Å². The molecule has 0 amide bonds. The molecule has 0 bridgehead atoms. The van der Waals surface area contributed by atoms with Gasteiger partial charge >= 0.3 is 0 Å². The third kappa shape index (κ3) is 4.31. The van der Waals surface area contributed by atoms with E-state index in [2.05, 4.69) is 23.2 Å². The van der Waals surface area contributed by atoms with Crippen LogP contribution in [0.5, 0.6) is 11.5 Å². The third-order valence-electron chi connectivity index (χ3n) is 4.58. The Morgan fingerprint density at radius 2 is 2.00 bits per heavy atom. The van der Waals surface area contributed by atoms with Gasteiger partial charge in [0, 0.05) is 19.0 Å². The van der Waals surface area contributed by atoms with E-state index in [0.29, 0.717) is 30.0 Å². The van der Waals surface area contributed by atoms with Gasteiger partial charge in [0.2, 0.25) is 0 Å². The molecule has 2 heterocycles. The second kappa shape index (κ2) is 8.22. The van der Waals surface area contributed by atoms with E-state index in [0.717, 1.165) is 38.3 Å². The van der Waals surface area contributed by atoms with Crippen molar-refractivity contribution in [2.75, 3.05) is 32.8 Å². The van der Waals surface area contributed by atoms with Gasteiger partial charge in [-0.15, -0.1) is 0 Å². The van der Waals surface area contributed by atoms with Crippen molar-refractivity contribution in [2.24, 2.45) is 0 Å². The number of nitrogens with zero attached hydrogens (tertiary/aromatic N) is 1. The Balaban J connectivity index is 1.76. The van der Waals surface area contributed by atoms with Crippen LogP contribution in [0, 0.1) is 0 Å². The van der Waals surface area contributed by atoms with E-state index in [9.17, 15) is 0 Å². The molecule has 1 fully saturated rings. The fraction of sp³-hybridized carbons (Fsp3) is 0.667. The quantitative estimate of drug-likeness (QED) is 0.891. The molecule has 1 aromatic carbocycles. The summed E-state index contributed by atoms with van der Waals surface area (Å²) in [6.07, 6.45) is 4.51. The average molecular weight is 339 g/mol. The fourth-order valence-electron chi connectivity index (χ4n) is 3.46. The summed E-state index contributed by atoms with van der Waals surface area (Å²) >= 11 is 6.43. The molecule has 0 aromatic heterocycles. The summed E-state index contributed by atoms with van der Waals surface area (Å²) in [7, 11) is 0. The maximum atomic E-state index is 6.43. The first-order chi connectivity index (χ1) is 11.3. The van der Waals surface area contributed by atoms with Crippen LogP contribution >= 0.6 is 11.6 Å². The molecule has 0 radical (unpaired) electrons. The highest BCUT2D eigenvalue weighted by molar-refractivity contribution is 6.32. The maximum absolute atomic E-state index is 6.43. The Morgan fingerprint density at radius 1 is 1.22 bits per heavy atom. The molecule has 1 aromatic rings. The second-order valence-electron chi connectivity index (χ2n) is 6.41. The smallest absolute Gasteiger partial charge is 0.179 e. The molecule has 1 saturated heterocycles. The highest BCUT2D eigenvalue weighted by Gasteiger charge is 2.22. The van der Waals surface area contributed by atoms with Gasteiger partial charge in [0.15, 0.2) is 11.5 Å². The molecular weight excluding hydrogens is 312 g/mol. The zero-order chi connectivity index (χ0) is 16.1. The van der Waals surface area contributed by atoms with Crippen molar-refractivity contribution in [3.63, 3.8) is 0 Å². The summed E-state index contributed by atoms with van der Waals surface area (Å²) in [5.74, 6) is 1.50. The molecule has 0 atom stereocenters. The largest absolute Gasteiger partial charge is 0.489 e. The minimum atomic E-state index is 0.658. The zero-order valence-corrected chi connectivity index (χ0v) is 14.7. The average Bonchev–Trinajstić information content (AvgIpc) is 2.81. The second-order valence-corrected chi connectivity index (χ2v) is 6.81. The summed E-state index contributed by atoms with van der Waals surface area (Å²) in [5.41, 5.74) is 1.21. The van der Waals surface area contributed by atoms with Gasteiger partial charge in [0.05, 0.1) is 18.2 Å². The van der Waals surface area contributed by atoms with Crippen molar-refractivity contribution in [3.8, 4) is 11.5 Å². The Kier molecular flexibility index (Phi) is 6.03. The lowest BCUT2D eigenvalue weighted by Gasteiger charge is -2.34. The van der Waals surface area contributed by atoms with Crippen LogP contribution in [0.4, 0.5) is 0 Å². The van der Waals surface area contributed by atoms with Crippen LogP contribution in [-0.4, -0.2) is 43.8 Å². The van der Waals surface area contributed by atoms with Gasteiger partial charge in [-0.25, -0.2) is 0 Å². The number of ether oxygens (including phenoxy) is 2. The number of halogens is 1. The molecule has 0 saturated carbocycles. The molecular formula is C18H27ClN2O2. The predicted molar refractivity (Wildman–Crippen MR) is 93.7 cm³/mol. The van der Waals surface area contributed by atoms with E-state index in [1.165, 1.54) is 24.8 Å². The van der Waals surface area contributed by atoms with Crippen LogP contribution in [0.15, 0.2) is 12.1 Å². The van der Waals surface area contributed by atoms with Crippen LogP contribution in [-0.2, 0) is 6.54 Å². The van der Waals surface area contributed by atoms with Crippen molar-refractivity contribution >= 4 is 11.6 Å². The highest BCUT2D eigenvalue weighted by atomic mass is 35.5. The van der Waals surface area contributed by atoms with Crippen LogP contribution in [0.1, 0.15) is 38.2 Å². The SMILES string of the molecule is CCCN(Cc1cc(Cl)c2c(c1)OCCCO2)C1CCNCC1. The molecule has 4 nitrogen and oxygen atoms in total. The van der Waals surface area contributed by atoms with Crippen LogP contribution in [0.2, 0.25) is 5.02 Å². The molecule has 128 valence electrons. The first-order valence-corrected chi connectivity index (χ1v) is 9.18. The number of hydrogen-bond acceptors (Lipinski definition) is 4. The molecule has 0 aliphatic carbocycles. The fourth-order valence-corrected chi connectivity index (χ4v) is 3.75. The van der Waals surface area contributed by atoms with Crippen molar-refractivity contribution < 1.29 is 9.47 Å². The number of nitrogens with one attached hydrogen (secondary N) is 1. The molecule has 23 heavy (non-hydrogen) atoms. The van der Waals surface area contributed by atoms with Crippen LogP contribution in [0.3, 0.4) is 0 Å². The molecule has 5 heteroatoms. The van der Waals surface area contributed by atoms with Crippen molar-refractivity contribution in [1.82, 2.24) is 10.2 Å². The summed E-state index contributed by atoms with van der Waals surface area (Å²) in [5, 5.41) is 4.12. The van der Waals surface area contributed by atoms with Gasteiger partial charge in [-0.2, -0.15) is 0 Å². The lowest BCUT2D eigenvalue weighted by atomic mass is 10.0. The lowest BCUT2D eigenvalue weighted by molar-refractivity contribution is 0.154. The van der Waals surface area contributed by atoms with Crippen molar-refractivity contribution in [1.29, 1.82) is 0 Å². The first-order valence-electron chi connectivity index (χ1n) is 8.80. The first kappa shape index (κ1) is 16.9. The maximum Gasteiger partial charge on any atom is 0.179 e. The minimum absolute atomic E-state index is 0.658. The molecule has 0 spiro atoms. The van der Waals surface area contributed by atoms with Crippen molar-refractivity contribution in [3.05, 3.63) is 22.7 Å². The molecule has 2 aliphatic rings. The van der Waals surface area contributed by atoms with E-state index in [4.69, 9.17) is 21.1 Å². The molecule has 1 N–H and O–H groups in total. The third-order valence-corrected chi connectivity index (χ3v) is 4.86. The van der Waals surface area contributed by atoms with E-state index in [-0.39, 0.29) is 0 Å². The van der Waals surface area contributed by atoms with Crippen LogP contribution < -0.4 is 14.8 Å². The topological polar surface area (TPSA) is 33.7 Å². The van der Waals surface area contributed by atoms with E-state index in [1.54, 1.807) is 0 Å². The Labute approximate surface area is 144 Å². The number of fused-ring (bicyclic) bond motifs is 1. The molecule has 3 rings (SSSR count). The summed E-state index contributed by atoms with van der Waals surface area (Å²) < 4.78 is 11.5. The Bertz CT molecular complexity index is 518. The lowest BCUT2D eigenvalue weighted by Crippen LogP contribution is -2.43. The van der Waals surface area contributed by atoms with Gasteiger partial charge < -0.3 is 14.8 Å². The van der Waals surface area contributed by atoms with E-state index in [1.807, 2.05) is 6.07 Å². The Morgan fingerprint density at radius 3 is 2.78 bits per heavy atom. The number of benzene rings is 1. The Hall–Kier alpha value is -0.970. The summed E-state index contributed by atoms with van der Waals surface area (Å²) in [6.45, 7) is 7.89. The number of piperidine rings is 1. The monoisotopic (exact) mass is 338 g/mol. The highest BCUT2D eigenvalue weighted by Crippen LogP contribution is 2.38. The van der Waals surface area contributed by atoms with Gasteiger partial charge in [0.25, 0.3) is 0 Å². The standard InChI is InChI=1S/C18H27ClN2O2/c1-2-8-21(15-4-6-20-7-5-15)13-14-11-16(19)18-17(12-14)22-9-3-10-23-18/h11-12,15,20H,2-10,13H2,1H3. The zero-order valence-electron chi connectivity index (χ0n) is 13.9. The van der Waals surface area contributed by atoms with Crippen molar-refractivity contribution in [2.45, 2.75) is 45.2 Å². The molecule has 2 aliphatic heterocycles. The summed E-state index contributed by atoms with van der Waals surface area (Å²) in [6, 6.07) is 4.81. The normalized spacial score (nSPS) is 18.9. The van der Waals surface area contributed by atoms with E-state index >= 15 is 0 Å². The number of rotatable bonds is 5. The van der Waals surface area contributed by atoms with Gasteiger partial charge in [-0.1, -0.05) is 18.5 Å². The predicted octanol–water partition coefficient (Wildman–Crippen LogP) is 3.47.